The number of carbonyl (C=O) groups excluding carboxylic acids is 2. The highest BCUT2D eigenvalue weighted by Gasteiger charge is 2.25. The van der Waals surface area contributed by atoms with Crippen LogP contribution in [0, 0.1) is 0 Å². The number of thioether (sulfide) groups is 1. The highest BCUT2D eigenvalue weighted by Crippen LogP contribution is 2.17. The van der Waals surface area contributed by atoms with Crippen molar-refractivity contribution in [2.45, 2.75) is 19.0 Å². The van der Waals surface area contributed by atoms with Crippen molar-refractivity contribution in [3.05, 3.63) is 69.2 Å². The Labute approximate surface area is 177 Å². The van der Waals surface area contributed by atoms with Crippen molar-refractivity contribution in [1.29, 1.82) is 0 Å². The molecule has 1 atom stereocenters. The molecule has 0 radical (unpaired) electrons. The third-order valence-corrected chi connectivity index (χ3v) is 5.59. The summed E-state index contributed by atoms with van der Waals surface area (Å²) in [6.07, 6.45) is 2.54. The van der Waals surface area contributed by atoms with Gasteiger partial charge in [0.15, 0.2) is 0 Å². The first-order valence-electron chi connectivity index (χ1n) is 8.46. The van der Waals surface area contributed by atoms with Crippen molar-refractivity contribution in [3.8, 4) is 0 Å². The summed E-state index contributed by atoms with van der Waals surface area (Å²) in [5.74, 6) is 0.389. The number of nitrogens with one attached hydrogen (secondary N) is 1. The topological polar surface area (TPSA) is 49.4 Å². The van der Waals surface area contributed by atoms with E-state index in [0.29, 0.717) is 28.0 Å². The molecule has 0 bridgehead atoms. The Hall–Kier alpha value is -1.50. The molecule has 0 aromatic heterocycles. The van der Waals surface area contributed by atoms with Crippen LogP contribution in [0.25, 0.3) is 0 Å². The molecule has 2 amide bonds. The van der Waals surface area contributed by atoms with Gasteiger partial charge in [-0.05, 0) is 64.2 Å². The lowest BCUT2D eigenvalue weighted by Crippen LogP contribution is -2.47. The van der Waals surface area contributed by atoms with E-state index in [9.17, 15) is 9.59 Å². The second kappa shape index (κ2) is 10.7. The first-order valence-corrected chi connectivity index (χ1v) is 11.0. The molecule has 0 saturated heterocycles. The average Bonchev–Trinajstić information content (AvgIpc) is 2.64. The molecule has 144 valence electrons. The van der Waals surface area contributed by atoms with E-state index in [-0.39, 0.29) is 11.8 Å². The van der Waals surface area contributed by atoms with Gasteiger partial charge in [-0.3, -0.25) is 9.59 Å². The maximum absolute atomic E-state index is 12.9. The minimum atomic E-state index is -0.582. The van der Waals surface area contributed by atoms with Gasteiger partial charge in [-0.2, -0.15) is 11.8 Å². The highest BCUT2D eigenvalue weighted by atomic mass is 79.9. The number of likely N-dealkylation sites (N-methyl/N-ethyl adjacent to an activating group) is 1. The maximum atomic E-state index is 12.9. The minimum absolute atomic E-state index is 0.121. The highest BCUT2D eigenvalue weighted by molar-refractivity contribution is 9.10. The maximum Gasteiger partial charge on any atom is 0.253 e. The Balaban J connectivity index is 2.10. The van der Waals surface area contributed by atoms with E-state index in [2.05, 4.69) is 21.2 Å². The summed E-state index contributed by atoms with van der Waals surface area (Å²) in [5.41, 5.74) is 1.45. The molecule has 27 heavy (non-hydrogen) atoms. The number of benzene rings is 2. The summed E-state index contributed by atoms with van der Waals surface area (Å²) in [5, 5.41) is 3.52. The van der Waals surface area contributed by atoms with E-state index in [4.69, 9.17) is 11.6 Å². The van der Waals surface area contributed by atoms with Gasteiger partial charge in [-0.1, -0.05) is 35.9 Å². The molecular formula is C20H22BrClN2O2S. The molecule has 1 unspecified atom stereocenters. The van der Waals surface area contributed by atoms with Gasteiger partial charge in [0.05, 0.1) is 5.56 Å². The number of amides is 2. The van der Waals surface area contributed by atoms with Gasteiger partial charge >= 0.3 is 0 Å². The zero-order valence-corrected chi connectivity index (χ0v) is 18.4. The Kier molecular flexibility index (Phi) is 8.67. The van der Waals surface area contributed by atoms with Crippen LogP contribution in [-0.2, 0) is 11.3 Å². The van der Waals surface area contributed by atoms with Crippen LogP contribution in [0.4, 0.5) is 0 Å². The van der Waals surface area contributed by atoms with E-state index in [0.717, 1.165) is 11.3 Å². The van der Waals surface area contributed by atoms with Gasteiger partial charge in [-0.25, -0.2) is 0 Å². The average molecular weight is 470 g/mol. The predicted octanol–water partition coefficient (Wildman–Crippen LogP) is 4.61. The van der Waals surface area contributed by atoms with Gasteiger partial charge in [0.2, 0.25) is 5.91 Å². The van der Waals surface area contributed by atoms with Crippen molar-refractivity contribution in [1.82, 2.24) is 10.2 Å². The second-order valence-corrected chi connectivity index (χ2v) is 8.39. The van der Waals surface area contributed by atoms with Crippen LogP contribution in [0.3, 0.4) is 0 Å². The molecule has 0 heterocycles. The molecule has 0 spiro atoms. The van der Waals surface area contributed by atoms with E-state index >= 15 is 0 Å². The lowest BCUT2D eigenvalue weighted by Gasteiger charge is -2.25. The smallest absolute Gasteiger partial charge is 0.253 e. The van der Waals surface area contributed by atoms with Crippen LogP contribution in [0.1, 0.15) is 22.3 Å². The monoisotopic (exact) mass is 468 g/mol. The number of rotatable bonds is 8. The van der Waals surface area contributed by atoms with Crippen LogP contribution in [0.15, 0.2) is 53.0 Å². The van der Waals surface area contributed by atoms with E-state index in [1.165, 1.54) is 0 Å². The minimum Gasteiger partial charge on any atom is -0.340 e. The van der Waals surface area contributed by atoms with Crippen LogP contribution in [0.5, 0.6) is 0 Å². The summed E-state index contributed by atoms with van der Waals surface area (Å²) in [6, 6.07) is 14.0. The SMILES string of the molecule is CSCCC(NC(=O)c1ccccc1Br)C(=O)N(C)Cc1cccc(Cl)c1. The van der Waals surface area contributed by atoms with Gasteiger partial charge in [0, 0.05) is 23.1 Å². The molecule has 0 fully saturated rings. The quantitative estimate of drug-likeness (QED) is 0.614. The van der Waals surface area contributed by atoms with Crippen molar-refractivity contribution < 1.29 is 9.59 Å². The fourth-order valence-electron chi connectivity index (χ4n) is 2.63. The van der Waals surface area contributed by atoms with Crippen LogP contribution < -0.4 is 5.32 Å². The zero-order chi connectivity index (χ0) is 19.8. The molecule has 2 rings (SSSR count). The molecule has 0 saturated carbocycles. The number of halogens is 2. The number of hydrogen-bond acceptors (Lipinski definition) is 3. The van der Waals surface area contributed by atoms with Crippen molar-refractivity contribution in [2.24, 2.45) is 0 Å². The van der Waals surface area contributed by atoms with Crippen molar-refractivity contribution in [3.63, 3.8) is 0 Å². The summed E-state index contributed by atoms with van der Waals surface area (Å²) in [6.45, 7) is 0.431. The van der Waals surface area contributed by atoms with E-state index < -0.39 is 6.04 Å². The van der Waals surface area contributed by atoms with Crippen LogP contribution in [-0.4, -0.2) is 41.8 Å². The van der Waals surface area contributed by atoms with Crippen molar-refractivity contribution in [2.75, 3.05) is 19.1 Å². The van der Waals surface area contributed by atoms with Gasteiger partial charge in [0.25, 0.3) is 5.91 Å². The lowest BCUT2D eigenvalue weighted by atomic mass is 10.1. The zero-order valence-electron chi connectivity index (χ0n) is 15.2. The summed E-state index contributed by atoms with van der Waals surface area (Å²) in [7, 11) is 1.74. The predicted molar refractivity (Wildman–Crippen MR) is 116 cm³/mol. The first kappa shape index (κ1) is 21.8. The number of carbonyl (C=O) groups is 2. The third kappa shape index (κ3) is 6.55. The van der Waals surface area contributed by atoms with Crippen LogP contribution >= 0.6 is 39.3 Å². The molecule has 7 heteroatoms. The molecule has 1 N–H and O–H groups in total. The van der Waals surface area contributed by atoms with Gasteiger partial charge in [0.1, 0.15) is 6.04 Å². The second-order valence-electron chi connectivity index (χ2n) is 6.11. The largest absolute Gasteiger partial charge is 0.340 e. The molecule has 0 aliphatic carbocycles. The van der Waals surface area contributed by atoms with Crippen LogP contribution in [0.2, 0.25) is 5.02 Å². The van der Waals surface area contributed by atoms with Gasteiger partial charge in [-0.15, -0.1) is 0 Å². The normalized spacial score (nSPS) is 11.7. The molecule has 2 aromatic carbocycles. The standard InChI is InChI=1S/C20H22BrClN2O2S/c1-24(13-14-6-5-7-15(22)12-14)20(26)18(10-11-27-2)23-19(25)16-8-3-4-9-17(16)21/h3-9,12,18H,10-11,13H2,1-2H3,(H,23,25). The van der Waals surface area contributed by atoms with E-state index in [1.807, 2.05) is 30.5 Å². The summed E-state index contributed by atoms with van der Waals surface area (Å²) < 4.78 is 0.700. The van der Waals surface area contributed by atoms with E-state index in [1.54, 1.807) is 48.0 Å². The van der Waals surface area contributed by atoms with Crippen molar-refractivity contribution >= 4 is 51.1 Å². The third-order valence-electron chi connectivity index (χ3n) is 4.02. The molecule has 4 nitrogen and oxygen atoms in total. The Morgan fingerprint density at radius 3 is 2.63 bits per heavy atom. The summed E-state index contributed by atoms with van der Waals surface area (Å²) in [4.78, 5) is 27.2. The molecular weight excluding hydrogens is 448 g/mol. The summed E-state index contributed by atoms with van der Waals surface area (Å²) >= 11 is 11.0. The lowest BCUT2D eigenvalue weighted by molar-refractivity contribution is -0.132. The fourth-order valence-corrected chi connectivity index (χ4v) is 3.78. The molecule has 0 aliphatic rings. The fraction of sp³-hybridized carbons (Fsp3) is 0.300. The molecule has 2 aromatic rings. The Morgan fingerprint density at radius 1 is 1.22 bits per heavy atom. The number of nitrogens with zero attached hydrogens (tertiary/aromatic N) is 1. The number of hydrogen-bond donors (Lipinski definition) is 1. The first-order chi connectivity index (χ1) is 12.9. The molecule has 0 aliphatic heterocycles. The Bertz CT molecular complexity index is 803. The Morgan fingerprint density at radius 2 is 1.96 bits per heavy atom. The van der Waals surface area contributed by atoms with Gasteiger partial charge < -0.3 is 10.2 Å².